The highest BCUT2D eigenvalue weighted by Crippen LogP contribution is 2.27. The number of halogens is 1. The molecular formula is C20H21FN4O3. The lowest BCUT2D eigenvalue weighted by Gasteiger charge is -2.33. The summed E-state index contributed by atoms with van der Waals surface area (Å²) in [6.45, 7) is 1.42. The fraction of sp³-hybridized carbons (Fsp3) is 0.400. The number of piperidine rings is 1. The summed E-state index contributed by atoms with van der Waals surface area (Å²) in [4.78, 5) is 36.8. The van der Waals surface area contributed by atoms with Crippen molar-refractivity contribution in [2.24, 2.45) is 5.92 Å². The van der Waals surface area contributed by atoms with Crippen LogP contribution in [-0.4, -0.2) is 52.4 Å². The van der Waals surface area contributed by atoms with Crippen LogP contribution in [0.2, 0.25) is 0 Å². The summed E-state index contributed by atoms with van der Waals surface area (Å²) >= 11 is 0. The Morgan fingerprint density at radius 3 is 2.64 bits per heavy atom. The number of likely N-dealkylation sites (tertiary alicyclic amines) is 1. The summed E-state index contributed by atoms with van der Waals surface area (Å²) in [5, 5.41) is 0. The Bertz CT molecular complexity index is 846. The standard InChI is InChI=1S/C20H21FN4O3/c21-15-4-6-16(7-5-15)25-12-14(11-18(25)26)19(27)24-10-1-3-17(13-24)28-20-22-8-2-9-23-20/h2,4-9,14,17H,1,3,10-13H2. The van der Waals surface area contributed by atoms with Crippen LogP contribution in [0.15, 0.2) is 42.7 Å². The number of anilines is 1. The average Bonchev–Trinajstić information content (AvgIpc) is 3.10. The highest BCUT2D eigenvalue weighted by Gasteiger charge is 2.38. The molecule has 0 N–H and O–H groups in total. The first-order chi connectivity index (χ1) is 13.6. The second kappa shape index (κ2) is 7.92. The van der Waals surface area contributed by atoms with Gasteiger partial charge in [0.05, 0.1) is 12.5 Å². The lowest BCUT2D eigenvalue weighted by atomic mass is 10.0. The van der Waals surface area contributed by atoms with Crippen molar-refractivity contribution in [2.75, 3.05) is 24.5 Å². The van der Waals surface area contributed by atoms with E-state index in [0.717, 1.165) is 12.8 Å². The maximum atomic E-state index is 13.1. The van der Waals surface area contributed by atoms with E-state index in [0.29, 0.717) is 31.3 Å². The van der Waals surface area contributed by atoms with Gasteiger partial charge < -0.3 is 14.5 Å². The number of carbonyl (C=O) groups excluding carboxylic acids is 2. The summed E-state index contributed by atoms with van der Waals surface area (Å²) in [5.41, 5.74) is 0.614. The number of ether oxygens (including phenoxy) is 1. The molecule has 28 heavy (non-hydrogen) atoms. The third kappa shape index (κ3) is 3.95. The van der Waals surface area contributed by atoms with E-state index in [-0.39, 0.29) is 30.2 Å². The van der Waals surface area contributed by atoms with Crippen molar-refractivity contribution in [3.8, 4) is 6.01 Å². The van der Waals surface area contributed by atoms with Gasteiger partial charge >= 0.3 is 6.01 Å². The Labute approximate surface area is 162 Å². The van der Waals surface area contributed by atoms with Crippen LogP contribution in [0.4, 0.5) is 10.1 Å². The number of rotatable bonds is 4. The molecule has 0 saturated carbocycles. The smallest absolute Gasteiger partial charge is 0.316 e. The maximum Gasteiger partial charge on any atom is 0.316 e. The number of hydrogen-bond donors (Lipinski definition) is 0. The molecule has 2 atom stereocenters. The van der Waals surface area contributed by atoms with Gasteiger partial charge in [-0.3, -0.25) is 9.59 Å². The SMILES string of the molecule is O=C(C1CC(=O)N(c2ccc(F)cc2)C1)N1CCCC(Oc2ncccn2)C1. The van der Waals surface area contributed by atoms with Gasteiger partial charge in [0.15, 0.2) is 0 Å². The molecule has 8 heteroatoms. The zero-order chi connectivity index (χ0) is 19.5. The van der Waals surface area contributed by atoms with E-state index in [1.165, 1.54) is 12.1 Å². The van der Waals surface area contributed by atoms with E-state index in [1.54, 1.807) is 40.4 Å². The minimum absolute atomic E-state index is 0.0414. The second-order valence-electron chi connectivity index (χ2n) is 7.08. The van der Waals surface area contributed by atoms with Gasteiger partial charge in [-0.25, -0.2) is 14.4 Å². The Morgan fingerprint density at radius 1 is 1.14 bits per heavy atom. The number of benzene rings is 1. The van der Waals surface area contributed by atoms with Gasteiger partial charge in [-0.2, -0.15) is 0 Å². The predicted molar refractivity (Wildman–Crippen MR) is 99.1 cm³/mol. The minimum Gasteiger partial charge on any atom is -0.458 e. The highest BCUT2D eigenvalue weighted by atomic mass is 19.1. The number of nitrogens with zero attached hydrogens (tertiary/aromatic N) is 4. The summed E-state index contributed by atoms with van der Waals surface area (Å²) in [7, 11) is 0. The van der Waals surface area contributed by atoms with Crippen LogP contribution in [-0.2, 0) is 9.59 Å². The number of aromatic nitrogens is 2. The van der Waals surface area contributed by atoms with Crippen LogP contribution < -0.4 is 9.64 Å². The molecule has 0 aliphatic carbocycles. The predicted octanol–water partition coefficient (Wildman–Crippen LogP) is 2.04. The van der Waals surface area contributed by atoms with Crippen LogP contribution in [0.3, 0.4) is 0 Å². The molecule has 2 fully saturated rings. The van der Waals surface area contributed by atoms with Crippen molar-refractivity contribution in [3.05, 3.63) is 48.5 Å². The molecule has 4 rings (SSSR count). The lowest BCUT2D eigenvalue weighted by molar-refractivity contribution is -0.138. The molecule has 0 radical (unpaired) electrons. The molecule has 2 aliphatic rings. The van der Waals surface area contributed by atoms with Gasteiger partial charge in [0.25, 0.3) is 0 Å². The van der Waals surface area contributed by atoms with Crippen LogP contribution >= 0.6 is 0 Å². The Morgan fingerprint density at radius 2 is 1.89 bits per heavy atom. The largest absolute Gasteiger partial charge is 0.458 e. The number of amides is 2. The van der Waals surface area contributed by atoms with Gasteiger partial charge in [0, 0.05) is 37.6 Å². The molecule has 2 amide bonds. The molecule has 146 valence electrons. The molecule has 0 bridgehead atoms. The van der Waals surface area contributed by atoms with E-state index < -0.39 is 5.92 Å². The number of hydrogen-bond acceptors (Lipinski definition) is 5. The fourth-order valence-electron chi connectivity index (χ4n) is 3.73. The van der Waals surface area contributed by atoms with Crippen LogP contribution in [0.25, 0.3) is 0 Å². The van der Waals surface area contributed by atoms with E-state index in [4.69, 9.17) is 4.74 Å². The summed E-state index contributed by atoms with van der Waals surface area (Å²) in [6.07, 6.45) is 4.88. The van der Waals surface area contributed by atoms with Gasteiger partial charge in [-0.05, 0) is 43.2 Å². The minimum atomic E-state index is -0.399. The first-order valence-electron chi connectivity index (χ1n) is 9.38. The van der Waals surface area contributed by atoms with Gasteiger partial charge in [0.2, 0.25) is 11.8 Å². The third-order valence-electron chi connectivity index (χ3n) is 5.12. The first-order valence-corrected chi connectivity index (χ1v) is 9.38. The van der Waals surface area contributed by atoms with Crippen molar-refractivity contribution in [3.63, 3.8) is 0 Å². The van der Waals surface area contributed by atoms with Gasteiger partial charge in [-0.15, -0.1) is 0 Å². The molecule has 7 nitrogen and oxygen atoms in total. The molecule has 2 unspecified atom stereocenters. The van der Waals surface area contributed by atoms with E-state index >= 15 is 0 Å². The highest BCUT2D eigenvalue weighted by molar-refractivity contribution is 6.00. The Hall–Kier alpha value is -3.03. The zero-order valence-corrected chi connectivity index (χ0v) is 15.3. The maximum absolute atomic E-state index is 13.1. The summed E-state index contributed by atoms with van der Waals surface area (Å²) in [6, 6.07) is 7.77. The molecule has 1 aromatic carbocycles. The van der Waals surface area contributed by atoms with Crippen molar-refractivity contribution < 1.29 is 18.7 Å². The quantitative estimate of drug-likeness (QED) is 0.806. The summed E-state index contributed by atoms with van der Waals surface area (Å²) < 4.78 is 18.9. The average molecular weight is 384 g/mol. The Balaban J connectivity index is 1.38. The molecular weight excluding hydrogens is 363 g/mol. The van der Waals surface area contributed by atoms with Crippen molar-refractivity contribution in [1.29, 1.82) is 0 Å². The molecule has 2 saturated heterocycles. The molecule has 2 aliphatic heterocycles. The topological polar surface area (TPSA) is 75.6 Å². The van der Waals surface area contributed by atoms with E-state index in [9.17, 15) is 14.0 Å². The van der Waals surface area contributed by atoms with E-state index in [1.807, 2.05) is 0 Å². The van der Waals surface area contributed by atoms with Crippen LogP contribution in [0, 0.1) is 11.7 Å². The van der Waals surface area contributed by atoms with Gasteiger partial charge in [0.1, 0.15) is 11.9 Å². The van der Waals surface area contributed by atoms with E-state index in [2.05, 4.69) is 9.97 Å². The molecule has 3 heterocycles. The van der Waals surface area contributed by atoms with Crippen LogP contribution in [0.5, 0.6) is 6.01 Å². The van der Waals surface area contributed by atoms with Crippen molar-refractivity contribution >= 4 is 17.5 Å². The number of carbonyl (C=O) groups is 2. The normalized spacial score (nSPS) is 22.4. The van der Waals surface area contributed by atoms with Crippen molar-refractivity contribution in [2.45, 2.75) is 25.4 Å². The molecule has 2 aromatic rings. The van der Waals surface area contributed by atoms with Crippen LogP contribution in [0.1, 0.15) is 19.3 Å². The lowest BCUT2D eigenvalue weighted by Crippen LogP contribution is -2.47. The summed E-state index contributed by atoms with van der Waals surface area (Å²) in [5.74, 6) is -0.915. The Kier molecular flexibility index (Phi) is 5.18. The fourth-order valence-corrected chi connectivity index (χ4v) is 3.73. The second-order valence-corrected chi connectivity index (χ2v) is 7.08. The zero-order valence-electron chi connectivity index (χ0n) is 15.3. The van der Waals surface area contributed by atoms with Gasteiger partial charge in [-0.1, -0.05) is 0 Å². The monoisotopic (exact) mass is 384 g/mol. The molecule has 0 spiro atoms. The first kappa shape index (κ1) is 18.3. The molecule has 1 aromatic heterocycles. The van der Waals surface area contributed by atoms with Crippen molar-refractivity contribution in [1.82, 2.24) is 14.9 Å². The third-order valence-corrected chi connectivity index (χ3v) is 5.12.